The first kappa shape index (κ1) is 20.7. The number of nitrogens with zero attached hydrogens (tertiary/aromatic N) is 2. The van der Waals surface area contributed by atoms with Crippen LogP contribution in [0.15, 0.2) is 41.0 Å². The molecule has 3 rings (SSSR count). The van der Waals surface area contributed by atoms with Gasteiger partial charge in [0.05, 0.1) is 26.9 Å². The topological polar surface area (TPSA) is 136 Å². The van der Waals surface area contributed by atoms with Gasteiger partial charge in [-0.25, -0.2) is 9.78 Å². The number of aromatic nitrogens is 2. The third kappa shape index (κ3) is 4.52. The monoisotopic (exact) mass is 410 g/mol. The second-order valence-corrected chi connectivity index (χ2v) is 6.25. The molecule has 4 N–H and O–H groups in total. The quantitative estimate of drug-likeness (QED) is 0.445. The first-order chi connectivity index (χ1) is 14.4. The molecular formula is C21H22N4O5. The van der Waals surface area contributed by atoms with Crippen molar-refractivity contribution in [1.29, 1.82) is 0 Å². The van der Waals surface area contributed by atoms with Crippen molar-refractivity contribution >= 4 is 23.8 Å². The molecule has 0 aliphatic rings. The highest BCUT2D eigenvalue weighted by Gasteiger charge is 2.18. The van der Waals surface area contributed by atoms with Crippen LogP contribution in [0, 0.1) is 0 Å². The molecule has 1 aromatic carbocycles. The van der Waals surface area contributed by atoms with Crippen LogP contribution < -0.4 is 20.9 Å². The number of rotatable bonds is 7. The van der Waals surface area contributed by atoms with Gasteiger partial charge in [0.2, 0.25) is 5.95 Å². The van der Waals surface area contributed by atoms with Gasteiger partial charge in [0.25, 0.3) is 0 Å². The van der Waals surface area contributed by atoms with Crippen molar-refractivity contribution in [3.05, 3.63) is 53.4 Å². The zero-order chi connectivity index (χ0) is 21.7. The molecule has 0 amide bonds. The van der Waals surface area contributed by atoms with E-state index in [1.165, 1.54) is 19.3 Å². The third-order valence-corrected chi connectivity index (χ3v) is 4.33. The predicted molar refractivity (Wildman–Crippen MR) is 112 cm³/mol. The molecule has 30 heavy (non-hydrogen) atoms. The van der Waals surface area contributed by atoms with E-state index in [9.17, 15) is 4.79 Å². The number of hydrogen-bond donors (Lipinski definition) is 2. The van der Waals surface area contributed by atoms with E-state index in [0.29, 0.717) is 40.8 Å². The number of methoxy groups -OCH3 is 3. The molecular weight excluding hydrogens is 388 g/mol. The van der Waals surface area contributed by atoms with Crippen molar-refractivity contribution in [1.82, 2.24) is 9.97 Å². The summed E-state index contributed by atoms with van der Waals surface area (Å²) in [5.41, 5.74) is 13.8. The van der Waals surface area contributed by atoms with E-state index in [2.05, 4.69) is 14.7 Å². The maximum Gasteiger partial charge on any atom is 0.330 e. The lowest BCUT2D eigenvalue weighted by Crippen LogP contribution is -2.04. The van der Waals surface area contributed by atoms with Gasteiger partial charge >= 0.3 is 5.97 Å². The molecule has 156 valence electrons. The fraction of sp³-hybridized carbons (Fsp3) is 0.190. The number of anilines is 2. The molecule has 0 aliphatic heterocycles. The Bertz CT molecular complexity index is 1090. The van der Waals surface area contributed by atoms with Gasteiger partial charge in [-0.3, -0.25) is 0 Å². The van der Waals surface area contributed by atoms with E-state index in [1.807, 2.05) is 12.1 Å². The molecule has 0 spiro atoms. The minimum Gasteiger partial charge on any atom is -0.493 e. The molecule has 0 saturated carbocycles. The van der Waals surface area contributed by atoms with Crippen LogP contribution in [0.4, 0.5) is 11.8 Å². The van der Waals surface area contributed by atoms with Crippen LogP contribution in [-0.4, -0.2) is 37.3 Å². The Hall–Kier alpha value is -4.01. The molecule has 2 heterocycles. The van der Waals surface area contributed by atoms with Gasteiger partial charge < -0.3 is 30.1 Å². The van der Waals surface area contributed by atoms with Crippen LogP contribution in [0.25, 0.3) is 17.4 Å². The summed E-state index contributed by atoms with van der Waals surface area (Å²) < 4.78 is 21.5. The van der Waals surface area contributed by atoms with Gasteiger partial charge in [-0.15, -0.1) is 0 Å². The highest BCUT2D eigenvalue weighted by Crippen LogP contribution is 2.40. The lowest BCUT2D eigenvalue weighted by Gasteiger charge is -2.14. The van der Waals surface area contributed by atoms with E-state index in [1.54, 1.807) is 32.5 Å². The fourth-order valence-corrected chi connectivity index (χ4v) is 2.90. The number of ether oxygens (including phenoxy) is 3. The Morgan fingerprint density at radius 3 is 2.63 bits per heavy atom. The first-order valence-corrected chi connectivity index (χ1v) is 8.93. The van der Waals surface area contributed by atoms with Crippen LogP contribution in [0.3, 0.4) is 0 Å². The zero-order valence-corrected chi connectivity index (χ0v) is 16.8. The number of nitrogen functional groups attached to an aromatic ring is 2. The molecule has 0 unspecified atom stereocenters. The second kappa shape index (κ2) is 8.99. The van der Waals surface area contributed by atoms with E-state index < -0.39 is 5.97 Å². The predicted octanol–water partition coefficient (Wildman–Crippen LogP) is 2.70. The molecule has 0 aliphatic carbocycles. The SMILES string of the molecule is COC(=O)C=Cc1ccc(-c2cc(Cc3cnc(N)nc3N)cc(OC)c2OC)o1. The first-order valence-electron chi connectivity index (χ1n) is 8.93. The van der Waals surface area contributed by atoms with E-state index in [-0.39, 0.29) is 5.95 Å². The van der Waals surface area contributed by atoms with Crippen molar-refractivity contribution in [3.63, 3.8) is 0 Å². The average Bonchev–Trinajstić information content (AvgIpc) is 3.22. The van der Waals surface area contributed by atoms with Crippen molar-refractivity contribution in [3.8, 4) is 22.8 Å². The summed E-state index contributed by atoms with van der Waals surface area (Å²) in [6.45, 7) is 0. The second-order valence-electron chi connectivity index (χ2n) is 6.25. The number of hydrogen-bond acceptors (Lipinski definition) is 9. The number of nitrogens with two attached hydrogens (primary N) is 2. The van der Waals surface area contributed by atoms with Gasteiger partial charge in [-0.1, -0.05) is 0 Å². The minimum absolute atomic E-state index is 0.118. The van der Waals surface area contributed by atoms with Gasteiger partial charge in [0.15, 0.2) is 11.5 Å². The van der Waals surface area contributed by atoms with Gasteiger partial charge in [-0.2, -0.15) is 4.98 Å². The number of furan rings is 1. The van der Waals surface area contributed by atoms with Crippen LogP contribution in [0.1, 0.15) is 16.9 Å². The lowest BCUT2D eigenvalue weighted by atomic mass is 10.0. The number of carbonyl (C=O) groups excluding carboxylic acids is 1. The Morgan fingerprint density at radius 1 is 1.17 bits per heavy atom. The third-order valence-electron chi connectivity index (χ3n) is 4.33. The van der Waals surface area contributed by atoms with Gasteiger partial charge in [-0.05, 0) is 35.9 Å². The van der Waals surface area contributed by atoms with Crippen LogP contribution in [-0.2, 0) is 16.0 Å². The normalized spacial score (nSPS) is 10.9. The average molecular weight is 410 g/mol. The highest BCUT2D eigenvalue weighted by atomic mass is 16.5. The van der Waals surface area contributed by atoms with Crippen LogP contribution in [0.5, 0.6) is 11.5 Å². The molecule has 2 aromatic heterocycles. The zero-order valence-electron chi connectivity index (χ0n) is 16.8. The van der Waals surface area contributed by atoms with Crippen molar-refractivity contribution < 1.29 is 23.4 Å². The van der Waals surface area contributed by atoms with E-state index in [0.717, 1.165) is 11.1 Å². The molecule has 3 aromatic rings. The molecule has 0 bridgehead atoms. The maximum absolute atomic E-state index is 11.3. The minimum atomic E-state index is -0.475. The van der Waals surface area contributed by atoms with Crippen LogP contribution in [0.2, 0.25) is 0 Å². The van der Waals surface area contributed by atoms with E-state index in [4.69, 9.17) is 25.4 Å². The highest BCUT2D eigenvalue weighted by molar-refractivity contribution is 5.86. The van der Waals surface area contributed by atoms with Crippen molar-refractivity contribution in [2.45, 2.75) is 6.42 Å². The maximum atomic E-state index is 11.3. The summed E-state index contributed by atoms with van der Waals surface area (Å²) in [5, 5.41) is 0. The summed E-state index contributed by atoms with van der Waals surface area (Å²) in [7, 11) is 4.41. The molecule has 0 fully saturated rings. The summed E-state index contributed by atoms with van der Waals surface area (Å²) in [6.07, 6.45) is 4.85. The molecule has 9 heteroatoms. The van der Waals surface area contributed by atoms with Gasteiger partial charge in [0, 0.05) is 24.3 Å². The summed E-state index contributed by atoms with van der Waals surface area (Å²) in [5.74, 6) is 2.02. The molecule has 9 nitrogen and oxygen atoms in total. The molecule has 0 radical (unpaired) electrons. The van der Waals surface area contributed by atoms with Crippen molar-refractivity contribution in [2.75, 3.05) is 32.8 Å². The summed E-state index contributed by atoms with van der Waals surface area (Å²) in [6, 6.07) is 7.26. The Labute approximate surface area is 173 Å². The Balaban J connectivity index is 2.01. The largest absolute Gasteiger partial charge is 0.493 e. The standard InChI is InChI=1S/C21H22N4O5/c1-27-17-10-12(8-13-11-24-21(23)25-20(13)22)9-15(19(17)29-3)16-6-4-14(30-16)5-7-18(26)28-2/h4-7,9-11H,8H2,1-3H3,(H4,22,23,24,25). The molecule has 0 saturated heterocycles. The Morgan fingerprint density at radius 2 is 1.97 bits per heavy atom. The number of benzene rings is 1. The van der Waals surface area contributed by atoms with Crippen molar-refractivity contribution in [2.24, 2.45) is 0 Å². The summed E-state index contributed by atoms with van der Waals surface area (Å²) >= 11 is 0. The van der Waals surface area contributed by atoms with Crippen LogP contribution >= 0.6 is 0 Å². The smallest absolute Gasteiger partial charge is 0.330 e. The number of esters is 1. The fourth-order valence-electron chi connectivity index (χ4n) is 2.90. The number of carbonyl (C=O) groups is 1. The van der Waals surface area contributed by atoms with Gasteiger partial charge in [0.1, 0.15) is 17.3 Å². The lowest BCUT2D eigenvalue weighted by molar-refractivity contribution is -0.134. The Kier molecular flexibility index (Phi) is 6.21. The van der Waals surface area contributed by atoms with E-state index >= 15 is 0 Å². The molecule has 0 atom stereocenters. The summed E-state index contributed by atoms with van der Waals surface area (Å²) in [4.78, 5) is 19.3.